The van der Waals surface area contributed by atoms with E-state index in [1.807, 2.05) is 30.3 Å². The van der Waals surface area contributed by atoms with E-state index in [1.165, 1.54) is 32.1 Å². The lowest BCUT2D eigenvalue weighted by Gasteiger charge is -2.41. The molecule has 180 valence electrons. The Morgan fingerprint density at radius 3 is 2.62 bits per heavy atom. The summed E-state index contributed by atoms with van der Waals surface area (Å²) in [6, 6.07) is 10.0. The van der Waals surface area contributed by atoms with Gasteiger partial charge in [-0.15, -0.1) is 0 Å². The summed E-state index contributed by atoms with van der Waals surface area (Å²) in [6.45, 7) is 9.74. The third-order valence-electron chi connectivity index (χ3n) is 6.42. The number of hydrogen-bond donors (Lipinski definition) is 3. The molecule has 1 aromatic rings. The van der Waals surface area contributed by atoms with Crippen LogP contribution in [0.25, 0.3) is 0 Å². The maximum Gasteiger partial charge on any atom is 0.191 e. The second-order valence-electron chi connectivity index (χ2n) is 9.18. The van der Waals surface area contributed by atoms with Crippen LogP contribution in [0.3, 0.4) is 0 Å². The number of benzene rings is 1. The number of nitrogens with zero attached hydrogens (tertiary/aromatic N) is 2. The lowest BCUT2D eigenvalue weighted by atomic mass is 9.73. The van der Waals surface area contributed by atoms with E-state index >= 15 is 0 Å². The third kappa shape index (κ3) is 8.70. The molecule has 2 aliphatic rings. The second kappa shape index (κ2) is 13.8. The molecule has 1 unspecified atom stereocenters. The maximum absolute atomic E-state index is 10.3. The van der Waals surface area contributed by atoms with E-state index in [-0.39, 0.29) is 5.41 Å². The van der Waals surface area contributed by atoms with Crippen molar-refractivity contribution in [3.8, 4) is 0 Å². The molecule has 32 heavy (non-hydrogen) atoms. The Hall–Kier alpha value is -1.67. The highest BCUT2D eigenvalue weighted by Gasteiger charge is 2.34. The van der Waals surface area contributed by atoms with Gasteiger partial charge in [0.15, 0.2) is 5.96 Å². The molecule has 0 amide bonds. The van der Waals surface area contributed by atoms with Gasteiger partial charge in [0.05, 0.1) is 32.5 Å². The summed E-state index contributed by atoms with van der Waals surface area (Å²) >= 11 is 0. The first-order chi connectivity index (χ1) is 15.7. The molecule has 3 rings (SSSR count). The van der Waals surface area contributed by atoms with Crippen LogP contribution in [0.1, 0.15) is 44.6 Å². The maximum atomic E-state index is 10.3. The molecule has 1 aliphatic carbocycles. The van der Waals surface area contributed by atoms with Crippen molar-refractivity contribution in [3.05, 3.63) is 35.9 Å². The molecule has 1 saturated heterocycles. The van der Waals surface area contributed by atoms with Crippen molar-refractivity contribution < 1.29 is 14.6 Å². The van der Waals surface area contributed by atoms with Crippen molar-refractivity contribution in [2.24, 2.45) is 10.4 Å². The molecule has 1 aromatic carbocycles. The largest absolute Gasteiger partial charge is 0.389 e. The van der Waals surface area contributed by atoms with Gasteiger partial charge in [-0.2, -0.15) is 0 Å². The molecule has 1 atom stereocenters. The molecule has 0 radical (unpaired) electrons. The van der Waals surface area contributed by atoms with Crippen molar-refractivity contribution in [1.82, 2.24) is 15.5 Å². The highest BCUT2D eigenvalue weighted by Crippen LogP contribution is 2.37. The predicted octanol–water partition coefficient (Wildman–Crippen LogP) is 2.40. The Morgan fingerprint density at radius 2 is 1.91 bits per heavy atom. The topological polar surface area (TPSA) is 78.4 Å². The molecule has 1 heterocycles. The zero-order valence-electron chi connectivity index (χ0n) is 19.7. The molecule has 1 saturated carbocycles. The summed E-state index contributed by atoms with van der Waals surface area (Å²) in [6.07, 6.45) is 5.82. The van der Waals surface area contributed by atoms with Crippen LogP contribution in [0.2, 0.25) is 0 Å². The van der Waals surface area contributed by atoms with E-state index < -0.39 is 6.10 Å². The molecule has 1 aliphatic heterocycles. The number of guanidine groups is 1. The van der Waals surface area contributed by atoms with Crippen LogP contribution in [0.5, 0.6) is 0 Å². The van der Waals surface area contributed by atoms with Crippen LogP contribution in [-0.4, -0.2) is 81.2 Å². The number of nitrogens with one attached hydrogen (secondary N) is 2. The number of morpholine rings is 1. The smallest absolute Gasteiger partial charge is 0.191 e. The van der Waals surface area contributed by atoms with Gasteiger partial charge in [-0.1, -0.05) is 49.6 Å². The number of ether oxygens (including phenoxy) is 2. The molecule has 7 nitrogen and oxygen atoms in total. The zero-order valence-corrected chi connectivity index (χ0v) is 19.7. The van der Waals surface area contributed by atoms with Crippen molar-refractivity contribution >= 4 is 5.96 Å². The van der Waals surface area contributed by atoms with Gasteiger partial charge in [-0.05, 0) is 25.3 Å². The highest BCUT2D eigenvalue weighted by atomic mass is 16.5. The van der Waals surface area contributed by atoms with E-state index in [1.54, 1.807) is 0 Å². The number of aliphatic hydroxyl groups excluding tert-OH is 1. The van der Waals surface area contributed by atoms with Crippen LogP contribution in [-0.2, 0) is 16.1 Å². The fourth-order valence-corrected chi connectivity index (χ4v) is 4.65. The van der Waals surface area contributed by atoms with Crippen LogP contribution in [0.15, 0.2) is 35.3 Å². The van der Waals surface area contributed by atoms with Gasteiger partial charge in [0.2, 0.25) is 0 Å². The van der Waals surface area contributed by atoms with E-state index in [9.17, 15) is 5.11 Å². The van der Waals surface area contributed by atoms with Crippen LogP contribution < -0.4 is 10.6 Å². The van der Waals surface area contributed by atoms with Crippen molar-refractivity contribution in [2.75, 3.05) is 59.1 Å². The fourth-order valence-electron chi connectivity index (χ4n) is 4.65. The first kappa shape index (κ1) is 25.0. The summed E-state index contributed by atoms with van der Waals surface area (Å²) in [5.41, 5.74) is 1.36. The molecular formula is C25H42N4O3. The molecular weight excluding hydrogens is 404 g/mol. The molecule has 0 spiro atoms. The standard InChI is InChI=1S/C25H42N4O3/c1-2-26-24(27-17-23(30)19-32-18-22-9-5-3-6-10-22)28-20-25(11-7-4-8-12-25)21-29-13-15-31-16-14-29/h3,5-6,9-10,23,30H,2,4,7-8,11-21H2,1H3,(H2,26,27,28). The second-order valence-corrected chi connectivity index (χ2v) is 9.18. The lowest BCUT2D eigenvalue weighted by molar-refractivity contribution is 0.00936. The summed E-state index contributed by atoms with van der Waals surface area (Å²) in [5.74, 6) is 0.779. The number of aliphatic imine (C=N–C) groups is 1. The van der Waals surface area contributed by atoms with Gasteiger partial charge < -0.3 is 25.2 Å². The van der Waals surface area contributed by atoms with Crippen molar-refractivity contribution in [2.45, 2.75) is 51.7 Å². The van der Waals surface area contributed by atoms with Gasteiger partial charge in [0.25, 0.3) is 0 Å². The monoisotopic (exact) mass is 446 g/mol. The first-order valence-corrected chi connectivity index (χ1v) is 12.3. The quantitative estimate of drug-likeness (QED) is 0.358. The number of hydrogen-bond acceptors (Lipinski definition) is 5. The predicted molar refractivity (Wildman–Crippen MR) is 129 cm³/mol. The lowest BCUT2D eigenvalue weighted by Crippen LogP contribution is -2.47. The Balaban J connectivity index is 1.48. The van der Waals surface area contributed by atoms with Gasteiger partial charge in [-0.3, -0.25) is 9.89 Å². The highest BCUT2D eigenvalue weighted by molar-refractivity contribution is 5.79. The molecule has 2 fully saturated rings. The average Bonchev–Trinajstić information content (AvgIpc) is 2.83. The Bertz CT molecular complexity index is 658. The van der Waals surface area contributed by atoms with Crippen LogP contribution >= 0.6 is 0 Å². The van der Waals surface area contributed by atoms with E-state index in [4.69, 9.17) is 14.5 Å². The van der Waals surface area contributed by atoms with Gasteiger partial charge >= 0.3 is 0 Å². The minimum absolute atomic E-state index is 0.245. The zero-order chi connectivity index (χ0) is 22.5. The normalized spacial score (nSPS) is 20.6. The summed E-state index contributed by atoms with van der Waals surface area (Å²) < 4.78 is 11.2. The minimum atomic E-state index is -0.584. The van der Waals surface area contributed by atoms with Crippen molar-refractivity contribution in [1.29, 1.82) is 0 Å². The minimum Gasteiger partial charge on any atom is -0.389 e. The molecule has 0 aromatic heterocycles. The third-order valence-corrected chi connectivity index (χ3v) is 6.42. The van der Waals surface area contributed by atoms with Crippen LogP contribution in [0, 0.1) is 5.41 Å². The molecule has 0 bridgehead atoms. The Kier molecular flexibility index (Phi) is 10.8. The Morgan fingerprint density at radius 1 is 1.16 bits per heavy atom. The molecule has 7 heteroatoms. The molecule has 3 N–H and O–H groups in total. The summed E-state index contributed by atoms with van der Waals surface area (Å²) in [7, 11) is 0. The van der Waals surface area contributed by atoms with Crippen LogP contribution in [0.4, 0.5) is 0 Å². The van der Waals surface area contributed by atoms with E-state index in [2.05, 4.69) is 22.5 Å². The Labute approximate surface area is 193 Å². The van der Waals surface area contributed by atoms with Gasteiger partial charge in [0, 0.05) is 44.7 Å². The summed E-state index contributed by atoms with van der Waals surface area (Å²) in [4.78, 5) is 7.51. The van der Waals surface area contributed by atoms with E-state index in [0.29, 0.717) is 19.8 Å². The van der Waals surface area contributed by atoms with Gasteiger partial charge in [0.1, 0.15) is 0 Å². The summed E-state index contributed by atoms with van der Waals surface area (Å²) in [5, 5.41) is 17.0. The fraction of sp³-hybridized carbons (Fsp3) is 0.720. The average molecular weight is 447 g/mol. The van der Waals surface area contributed by atoms with Crippen molar-refractivity contribution in [3.63, 3.8) is 0 Å². The first-order valence-electron chi connectivity index (χ1n) is 12.3. The SMILES string of the molecule is CCNC(=NCC1(CN2CCOCC2)CCCCC1)NCC(O)COCc1ccccc1. The van der Waals surface area contributed by atoms with Gasteiger partial charge in [-0.25, -0.2) is 0 Å². The number of rotatable bonds is 11. The number of aliphatic hydroxyl groups is 1. The van der Waals surface area contributed by atoms with E-state index in [0.717, 1.165) is 57.5 Å².